The van der Waals surface area contributed by atoms with E-state index in [0.717, 1.165) is 12.1 Å². The van der Waals surface area contributed by atoms with Crippen molar-refractivity contribution >= 4 is 18.4 Å². The molecule has 2 N–H and O–H groups in total. The van der Waals surface area contributed by atoms with Crippen molar-refractivity contribution in [3.63, 3.8) is 0 Å². The highest BCUT2D eigenvalue weighted by Crippen LogP contribution is 2.33. The molecule has 0 saturated carbocycles. The summed E-state index contributed by atoms with van der Waals surface area (Å²) >= 11 is 0. The molecule has 1 unspecified atom stereocenters. The normalized spacial score (nSPS) is 13.9. The molecule has 0 aromatic heterocycles. The van der Waals surface area contributed by atoms with E-state index in [4.69, 9.17) is 5.73 Å². The molecule has 4 nitrogen and oxygen atoms in total. The number of nitrogens with two attached hydrogens (primary N) is 1. The zero-order chi connectivity index (χ0) is 16.9. The second kappa shape index (κ2) is 8.88. The lowest BCUT2D eigenvalue weighted by Gasteiger charge is -2.22. The Bertz CT molecular complexity index is 518. The molecule has 1 aromatic rings. The van der Waals surface area contributed by atoms with Crippen LogP contribution in [0, 0.1) is 0 Å². The Kier molecular flexibility index (Phi) is 8.25. The van der Waals surface area contributed by atoms with Gasteiger partial charge in [-0.1, -0.05) is 18.2 Å². The Hall–Kier alpha value is -1.61. The summed E-state index contributed by atoms with van der Waals surface area (Å²) in [6.07, 6.45) is -11.2. The van der Waals surface area contributed by atoms with Gasteiger partial charge in [-0.3, -0.25) is 0 Å². The number of esters is 1. The molecular formula is C13H15ClF5NO3. The van der Waals surface area contributed by atoms with E-state index in [2.05, 4.69) is 9.47 Å². The Morgan fingerprint density at radius 1 is 1.26 bits per heavy atom. The Balaban J connectivity index is 0.00000484. The molecule has 0 bridgehead atoms. The Morgan fingerprint density at radius 2 is 1.83 bits per heavy atom. The SMILES string of the molecule is CCOC(=O)C(F)[C@H](N)c1ccccc1OC(F)(F)C(F)F.Cl. The van der Waals surface area contributed by atoms with Crippen LogP contribution >= 0.6 is 12.4 Å². The molecule has 0 amide bonds. The summed E-state index contributed by atoms with van der Waals surface area (Å²) in [6.45, 7) is 1.34. The minimum atomic E-state index is -4.77. The van der Waals surface area contributed by atoms with Crippen LogP contribution < -0.4 is 10.5 Å². The summed E-state index contributed by atoms with van der Waals surface area (Å²) < 4.78 is 72.4. The van der Waals surface area contributed by atoms with Gasteiger partial charge in [0, 0.05) is 5.56 Å². The van der Waals surface area contributed by atoms with E-state index in [1.54, 1.807) is 0 Å². The van der Waals surface area contributed by atoms with E-state index in [0.29, 0.717) is 0 Å². The number of para-hydroxylation sites is 1. The molecule has 0 aliphatic rings. The maximum Gasteiger partial charge on any atom is 0.461 e. The van der Waals surface area contributed by atoms with Crippen LogP contribution in [0.4, 0.5) is 22.0 Å². The maximum absolute atomic E-state index is 13.8. The van der Waals surface area contributed by atoms with E-state index in [-0.39, 0.29) is 24.6 Å². The maximum atomic E-state index is 13.8. The number of hydrogen-bond donors (Lipinski definition) is 1. The summed E-state index contributed by atoms with van der Waals surface area (Å²) in [7, 11) is 0. The fraction of sp³-hybridized carbons (Fsp3) is 0.462. The molecule has 0 radical (unpaired) electrons. The number of carbonyl (C=O) groups excluding carboxylic acids is 1. The van der Waals surface area contributed by atoms with Crippen molar-refractivity contribution in [3.8, 4) is 5.75 Å². The van der Waals surface area contributed by atoms with Crippen molar-refractivity contribution in [1.29, 1.82) is 0 Å². The van der Waals surface area contributed by atoms with Crippen LogP contribution in [0.1, 0.15) is 18.5 Å². The number of ether oxygens (including phenoxy) is 2. The molecule has 10 heteroatoms. The first-order valence-electron chi connectivity index (χ1n) is 6.20. The minimum absolute atomic E-state index is 0. The monoisotopic (exact) mass is 363 g/mol. The summed E-state index contributed by atoms with van der Waals surface area (Å²) in [5, 5.41) is 0. The predicted molar refractivity (Wildman–Crippen MR) is 73.7 cm³/mol. The van der Waals surface area contributed by atoms with Gasteiger partial charge in [0.05, 0.1) is 12.6 Å². The Morgan fingerprint density at radius 3 is 2.35 bits per heavy atom. The molecule has 0 aliphatic carbocycles. The van der Waals surface area contributed by atoms with E-state index < -0.39 is 36.5 Å². The fourth-order valence-corrected chi connectivity index (χ4v) is 1.57. The predicted octanol–water partition coefficient (Wildman–Crippen LogP) is 3.25. The van der Waals surface area contributed by atoms with Crippen molar-refractivity contribution < 1.29 is 36.2 Å². The lowest BCUT2D eigenvalue weighted by Crippen LogP contribution is -2.35. The molecule has 1 aromatic carbocycles. The van der Waals surface area contributed by atoms with Gasteiger partial charge in [0.1, 0.15) is 5.75 Å². The average molecular weight is 364 g/mol. The number of halogens is 6. The van der Waals surface area contributed by atoms with Crippen molar-refractivity contribution in [3.05, 3.63) is 29.8 Å². The van der Waals surface area contributed by atoms with Crippen LogP contribution in [0.25, 0.3) is 0 Å². The van der Waals surface area contributed by atoms with Gasteiger partial charge in [-0.2, -0.15) is 17.6 Å². The number of hydrogen-bond acceptors (Lipinski definition) is 4. The van der Waals surface area contributed by atoms with E-state index in [9.17, 15) is 26.7 Å². The highest BCUT2D eigenvalue weighted by molar-refractivity contribution is 5.85. The first-order chi connectivity index (χ1) is 10.2. The van der Waals surface area contributed by atoms with Crippen molar-refractivity contribution in [2.45, 2.75) is 31.7 Å². The fourth-order valence-electron chi connectivity index (χ4n) is 1.57. The van der Waals surface area contributed by atoms with Crippen molar-refractivity contribution in [2.75, 3.05) is 6.61 Å². The number of carbonyl (C=O) groups is 1. The van der Waals surface area contributed by atoms with Crippen LogP contribution in [0.15, 0.2) is 24.3 Å². The highest BCUT2D eigenvalue weighted by Gasteiger charge is 2.45. The van der Waals surface area contributed by atoms with Gasteiger partial charge in [0.25, 0.3) is 0 Å². The van der Waals surface area contributed by atoms with E-state index in [1.807, 2.05) is 0 Å². The largest absolute Gasteiger partial charge is 0.464 e. The topological polar surface area (TPSA) is 61.5 Å². The highest BCUT2D eigenvalue weighted by atomic mass is 35.5. The molecule has 2 atom stereocenters. The van der Waals surface area contributed by atoms with Gasteiger partial charge < -0.3 is 15.2 Å². The van der Waals surface area contributed by atoms with Gasteiger partial charge in [-0.05, 0) is 13.0 Å². The van der Waals surface area contributed by atoms with Gasteiger partial charge in [0.2, 0.25) is 6.17 Å². The zero-order valence-electron chi connectivity index (χ0n) is 11.8. The minimum Gasteiger partial charge on any atom is -0.464 e. The van der Waals surface area contributed by atoms with Gasteiger partial charge in [0.15, 0.2) is 0 Å². The first kappa shape index (κ1) is 21.4. The summed E-state index contributed by atoms with van der Waals surface area (Å²) in [4.78, 5) is 11.3. The van der Waals surface area contributed by atoms with E-state index >= 15 is 0 Å². The lowest BCUT2D eigenvalue weighted by molar-refractivity contribution is -0.253. The van der Waals surface area contributed by atoms with Crippen LogP contribution in [-0.4, -0.2) is 31.3 Å². The lowest BCUT2D eigenvalue weighted by atomic mass is 10.0. The zero-order valence-corrected chi connectivity index (χ0v) is 12.7. The molecule has 132 valence electrons. The first-order valence-corrected chi connectivity index (χ1v) is 6.20. The summed E-state index contributed by atoms with van der Waals surface area (Å²) in [6, 6.07) is 2.82. The second-order valence-corrected chi connectivity index (χ2v) is 4.18. The summed E-state index contributed by atoms with van der Waals surface area (Å²) in [5.74, 6) is -2.03. The molecule has 0 saturated heterocycles. The quantitative estimate of drug-likeness (QED) is 0.597. The van der Waals surface area contributed by atoms with Crippen molar-refractivity contribution in [1.82, 2.24) is 0 Å². The molecule has 1 rings (SSSR count). The third-order valence-corrected chi connectivity index (χ3v) is 2.61. The van der Waals surface area contributed by atoms with Gasteiger partial charge >= 0.3 is 18.5 Å². The molecule has 0 fully saturated rings. The van der Waals surface area contributed by atoms with Crippen LogP contribution in [-0.2, 0) is 9.53 Å². The third kappa shape index (κ3) is 5.51. The molecule has 0 heterocycles. The van der Waals surface area contributed by atoms with Crippen molar-refractivity contribution in [2.24, 2.45) is 5.73 Å². The third-order valence-electron chi connectivity index (χ3n) is 2.61. The molecule has 0 spiro atoms. The van der Waals surface area contributed by atoms with Gasteiger partial charge in [-0.15, -0.1) is 12.4 Å². The molecular weight excluding hydrogens is 349 g/mol. The van der Waals surface area contributed by atoms with Crippen LogP contribution in [0.3, 0.4) is 0 Å². The number of alkyl halides is 5. The average Bonchev–Trinajstić information content (AvgIpc) is 2.46. The van der Waals surface area contributed by atoms with Crippen LogP contribution in [0.2, 0.25) is 0 Å². The number of rotatable bonds is 7. The second-order valence-electron chi connectivity index (χ2n) is 4.18. The Labute approximate surface area is 135 Å². The number of benzene rings is 1. The van der Waals surface area contributed by atoms with Gasteiger partial charge in [-0.25, -0.2) is 9.18 Å². The smallest absolute Gasteiger partial charge is 0.461 e. The summed E-state index contributed by atoms with van der Waals surface area (Å²) in [5.41, 5.74) is 5.12. The van der Waals surface area contributed by atoms with E-state index in [1.165, 1.54) is 19.1 Å². The standard InChI is InChI=1S/C13H14F5NO3.ClH/c1-2-21-11(20)9(14)10(19)7-5-3-4-6-8(7)22-13(17,18)12(15)16;/h3-6,9-10,12H,2,19H2,1H3;1H/t9?,10-;/m1./s1. The molecule has 23 heavy (non-hydrogen) atoms. The molecule has 0 aliphatic heterocycles. The van der Waals surface area contributed by atoms with Crippen LogP contribution in [0.5, 0.6) is 5.75 Å².